The zero-order chi connectivity index (χ0) is 22.8. The molecule has 170 valence electrons. The van der Waals surface area contributed by atoms with Gasteiger partial charge in [-0.3, -0.25) is 19.2 Å². The Morgan fingerprint density at radius 2 is 2.00 bits per heavy atom. The molecule has 6 rings (SSSR count). The highest BCUT2D eigenvalue weighted by Gasteiger charge is 2.83. The van der Waals surface area contributed by atoms with Crippen LogP contribution in [0.15, 0.2) is 0 Å². The number of amides is 2. The standard InChI is InChI=1S/C19H24N2O8S2/c1-8-15(3,4)11(24)17(29-8)5-10-16(27,12(17)28-9(2)23)6-19-13(25)20-18(7-22,30-31-19)14(26)21(10)19/h8,10,12,22,27H,5-7H2,1-4H3,(H,20,25). The molecule has 5 saturated heterocycles. The molecule has 7 unspecified atom stereocenters. The highest BCUT2D eigenvalue weighted by Crippen LogP contribution is 2.67. The first-order valence-corrected chi connectivity index (χ1v) is 12.2. The summed E-state index contributed by atoms with van der Waals surface area (Å²) in [5.74, 6) is -2.07. The molecule has 2 bridgehead atoms. The van der Waals surface area contributed by atoms with Crippen molar-refractivity contribution in [1.82, 2.24) is 10.2 Å². The number of fused-ring (bicyclic) bond motifs is 3. The fourth-order valence-electron chi connectivity index (χ4n) is 5.79. The van der Waals surface area contributed by atoms with Crippen molar-refractivity contribution < 1.29 is 38.9 Å². The predicted octanol–water partition coefficient (Wildman–Crippen LogP) is -0.684. The van der Waals surface area contributed by atoms with Crippen LogP contribution in [-0.4, -0.2) is 84.5 Å². The van der Waals surface area contributed by atoms with Crippen LogP contribution in [0.3, 0.4) is 0 Å². The Bertz CT molecular complexity index is 944. The smallest absolute Gasteiger partial charge is 0.303 e. The van der Waals surface area contributed by atoms with E-state index in [4.69, 9.17) is 9.47 Å². The SMILES string of the molecule is CC(=O)OC1C2(CC3N4C(=O)C5(CO)NC(=O)C4(CC31O)SS5)OC(C)C(C)(C)C2=O. The van der Waals surface area contributed by atoms with Crippen molar-refractivity contribution in [3.05, 3.63) is 0 Å². The van der Waals surface area contributed by atoms with Crippen LogP contribution in [-0.2, 0) is 28.7 Å². The van der Waals surface area contributed by atoms with Crippen LogP contribution in [0, 0.1) is 5.41 Å². The molecule has 5 aliphatic heterocycles. The third-order valence-corrected chi connectivity index (χ3v) is 11.1. The van der Waals surface area contributed by atoms with E-state index in [2.05, 4.69) is 5.32 Å². The van der Waals surface area contributed by atoms with E-state index < -0.39 is 69.0 Å². The lowest BCUT2D eigenvalue weighted by Gasteiger charge is -2.54. The molecule has 0 aromatic carbocycles. The molecule has 6 aliphatic rings. The quantitative estimate of drug-likeness (QED) is 0.349. The number of nitrogens with one attached hydrogen (secondary N) is 1. The van der Waals surface area contributed by atoms with Crippen molar-refractivity contribution in [3.63, 3.8) is 0 Å². The Balaban J connectivity index is 1.66. The molecule has 2 spiro atoms. The highest BCUT2D eigenvalue weighted by molar-refractivity contribution is 8.78. The summed E-state index contributed by atoms with van der Waals surface area (Å²) in [6.45, 7) is 5.76. The van der Waals surface area contributed by atoms with E-state index in [1.165, 1.54) is 11.8 Å². The van der Waals surface area contributed by atoms with Crippen LogP contribution in [0.1, 0.15) is 40.5 Å². The van der Waals surface area contributed by atoms with Crippen molar-refractivity contribution in [1.29, 1.82) is 0 Å². The Labute approximate surface area is 186 Å². The monoisotopic (exact) mass is 472 g/mol. The zero-order valence-electron chi connectivity index (χ0n) is 17.5. The van der Waals surface area contributed by atoms with Crippen molar-refractivity contribution in [3.8, 4) is 0 Å². The van der Waals surface area contributed by atoms with Gasteiger partial charge in [0.15, 0.2) is 27.2 Å². The topological polar surface area (TPSA) is 142 Å². The number of piperazine rings is 1. The number of ketones is 1. The summed E-state index contributed by atoms with van der Waals surface area (Å²) in [6.07, 6.45) is -2.23. The number of hydrogen-bond acceptors (Lipinski definition) is 10. The fourth-order valence-corrected chi connectivity index (χ4v) is 9.11. The molecule has 31 heavy (non-hydrogen) atoms. The Morgan fingerprint density at radius 1 is 1.32 bits per heavy atom. The molecule has 2 amide bonds. The van der Waals surface area contributed by atoms with Gasteiger partial charge in [0.2, 0.25) is 0 Å². The van der Waals surface area contributed by atoms with Gasteiger partial charge in [-0.05, 0) is 6.92 Å². The lowest BCUT2D eigenvalue weighted by atomic mass is 9.76. The fraction of sp³-hybridized carbons (Fsp3) is 0.789. The number of esters is 1. The number of nitrogens with zero attached hydrogens (tertiary/aromatic N) is 1. The second kappa shape index (κ2) is 5.96. The zero-order valence-corrected chi connectivity index (χ0v) is 19.1. The number of aliphatic hydroxyl groups excluding tert-OH is 1. The third-order valence-electron chi connectivity index (χ3n) is 7.61. The van der Waals surface area contributed by atoms with E-state index in [1.54, 1.807) is 20.8 Å². The Kier molecular flexibility index (Phi) is 4.13. The molecule has 12 heteroatoms. The second-order valence-corrected chi connectivity index (χ2v) is 12.3. The minimum Gasteiger partial charge on any atom is -0.456 e. The lowest BCUT2D eigenvalue weighted by molar-refractivity contribution is -0.189. The molecule has 0 aromatic rings. The number of hydrogen-bond donors (Lipinski definition) is 3. The maximum absolute atomic E-state index is 13.6. The van der Waals surface area contributed by atoms with E-state index in [0.29, 0.717) is 0 Å². The van der Waals surface area contributed by atoms with Crippen molar-refractivity contribution in [2.24, 2.45) is 5.41 Å². The van der Waals surface area contributed by atoms with Crippen LogP contribution in [0.4, 0.5) is 0 Å². The summed E-state index contributed by atoms with van der Waals surface area (Å²) < 4.78 is 11.7. The van der Waals surface area contributed by atoms with Gasteiger partial charge in [0, 0.05) is 19.8 Å². The molecule has 6 fully saturated rings. The summed E-state index contributed by atoms with van der Waals surface area (Å²) in [5, 5.41) is 24.4. The number of carbonyl (C=O) groups is 4. The van der Waals surface area contributed by atoms with E-state index >= 15 is 0 Å². The molecular weight excluding hydrogens is 448 g/mol. The van der Waals surface area contributed by atoms with Gasteiger partial charge < -0.3 is 29.9 Å². The van der Waals surface area contributed by atoms with Crippen LogP contribution in [0.25, 0.3) is 0 Å². The van der Waals surface area contributed by atoms with Crippen molar-refractivity contribution >= 4 is 45.2 Å². The maximum Gasteiger partial charge on any atom is 0.303 e. The Hall–Kier alpha value is -1.34. The molecule has 7 atom stereocenters. The molecule has 3 N–H and O–H groups in total. The first kappa shape index (κ1) is 21.5. The molecular formula is C19H24N2O8S2. The molecule has 10 nitrogen and oxygen atoms in total. The number of Topliss-reactive ketones (excluding diaryl/α,β-unsaturated/α-hetero) is 1. The number of carbonyl (C=O) groups excluding carboxylic acids is 4. The first-order chi connectivity index (χ1) is 14.3. The molecule has 1 aliphatic carbocycles. The van der Waals surface area contributed by atoms with Gasteiger partial charge in [0.1, 0.15) is 5.60 Å². The molecule has 5 heterocycles. The maximum atomic E-state index is 13.6. The average Bonchev–Trinajstić information content (AvgIpc) is 3.14. The molecule has 1 saturated carbocycles. The Morgan fingerprint density at radius 3 is 2.52 bits per heavy atom. The summed E-state index contributed by atoms with van der Waals surface area (Å²) in [7, 11) is 2.14. The minimum atomic E-state index is -1.88. The van der Waals surface area contributed by atoms with Gasteiger partial charge in [0.05, 0.1) is 24.2 Å². The van der Waals surface area contributed by atoms with E-state index in [9.17, 15) is 29.4 Å². The van der Waals surface area contributed by atoms with E-state index in [-0.39, 0.29) is 18.6 Å². The number of ether oxygens (including phenoxy) is 2. The summed E-state index contributed by atoms with van der Waals surface area (Å²) in [6, 6.07) is -1.00. The first-order valence-electron chi connectivity index (χ1n) is 10.1. The second-order valence-electron chi connectivity index (χ2n) is 9.64. The van der Waals surface area contributed by atoms with Crippen molar-refractivity contribution in [2.75, 3.05) is 6.61 Å². The predicted molar refractivity (Wildman–Crippen MR) is 108 cm³/mol. The average molecular weight is 473 g/mol. The largest absolute Gasteiger partial charge is 0.456 e. The van der Waals surface area contributed by atoms with E-state index in [1.807, 2.05) is 0 Å². The third kappa shape index (κ3) is 2.23. The normalized spacial score (nSPS) is 49.4. The van der Waals surface area contributed by atoms with Crippen LogP contribution in [0.2, 0.25) is 0 Å². The van der Waals surface area contributed by atoms with Crippen LogP contribution >= 0.6 is 21.6 Å². The van der Waals surface area contributed by atoms with Crippen molar-refractivity contribution in [2.45, 2.75) is 79.7 Å². The van der Waals surface area contributed by atoms with E-state index in [0.717, 1.165) is 21.6 Å². The van der Waals surface area contributed by atoms with Crippen LogP contribution in [0.5, 0.6) is 0 Å². The van der Waals surface area contributed by atoms with Gasteiger partial charge in [-0.2, -0.15) is 0 Å². The van der Waals surface area contributed by atoms with Gasteiger partial charge in [-0.25, -0.2) is 0 Å². The van der Waals surface area contributed by atoms with Gasteiger partial charge >= 0.3 is 5.97 Å². The minimum absolute atomic E-state index is 0.110. The van der Waals surface area contributed by atoms with Crippen LogP contribution < -0.4 is 5.32 Å². The summed E-state index contributed by atoms with van der Waals surface area (Å²) in [4.78, 5) is 50.3. The molecule has 0 aromatic heterocycles. The number of aliphatic hydroxyl groups is 2. The molecule has 0 radical (unpaired) electrons. The lowest BCUT2D eigenvalue weighted by Crippen LogP contribution is -2.77. The summed E-state index contributed by atoms with van der Waals surface area (Å²) in [5.41, 5.74) is -4.41. The van der Waals surface area contributed by atoms with Gasteiger partial charge in [0.25, 0.3) is 11.8 Å². The summed E-state index contributed by atoms with van der Waals surface area (Å²) >= 11 is 0. The number of rotatable bonds is 2. The van der Waals surface area contributed by atoms with Gasteiger partial charge in [-0.1, -0.05) is 35.4 Å². The van der Waals surface area contributed by atoms with Gasteiger partial charge in [-0.15, -0.1) is 0 Å². The highest BCUT2D eigenvalue weighted by atomic mass is 33.1.